The lowest BCUT2D eigenvalue weighted by Gasteiger charge is -2.30. The second-order valence-electron chi connectivity index (χ2n) is 5.55. The molecule has 1 amide bonds. The summed E-state index contributed by atoms with van der Waals surface area (Å²) in [6, 6.07) is 2.34. The Morgan fingerprint density at radius 3 is 2.80 bits per heavy atom. The number of carbonyl (C=O) groups is 1. The van der Waals surface area contributed by atoms with Crippen LogP contribution in [0.3, 0.4) is 0 Å². The average molecular weight is 279 g/mol. The minimum Gasteiger partial charge on any atom is -0.319 e. The van der Waals surface area contributed by atoms with Crippen LogP contribution in [0.1, 0.15) is 31.0 Å². The molecule has 0 spiro atoms. The molecule has 2 rings (SSSR count). The van der Waals surface area contributed by atoms with Crippen LogP contribution >= 0.6 is 0 Å². The second-order valence-corrected chi connectivity index (χ2v) is 5.55. The Morgan fingerprint density at radius 1 is 1.45 bits per heavy atom. The minimum absolute atomic E-state index is 0.0356. The highest BCUT2D eigenvalue weighted by molar-refractivity contribution is 5.90. The number of likely N-dealkylation sites (tertiary alicyclic amines) is 1. The molecule has 20 heavy (non-hydrogen) atoms. The number of carbonyl (C=O) groups excluding carboxylic acids is 1. The van der Waals surface area contributed by atoms with E-state index in [1.165, 1.54) is 0 Å². The topological polar surface area (TPSA) is 62.2 Å². The van der Waals surface area contributed by atoms with Crippen LogP contribution in [-0.2, 0) is 4.79 Å². The molecular weight excluding hydrogens is 254 g/mol. The molecule has 6 heteroatoms. The van der Waals surface area contributed by atoms with Gasteiger partial charge in [0, 0.05) is 19.0 Å². The lowest BCUT2D eigenvalue weighted by Crippen LogP contribution is -2.32. The van der Waals surface area contributed by atoms with Crippen molar-refractivity contribution in [2.24, 2.45) is 0 Å². The van der Waals surface area contributed by atoms with Gasteiger partial charge < -0.3 is 15.5 Å². The summed E-state index contributed by atoms with van der Waals surface area (Å²) < 4.78 is 2.00. The molecule has 1 aromatic rings. The summed E-state index contributed by atoms with van der Waals surface area (Å²) >= 11 is 0. The van der Waals surface area contributed by atoms with E-state index in [1.54, 1.807) is 0 Å². The number of aryl methyl sites for hydroxylation is 1. The molecule has 1 saturated heterocycles. The van der Waals surface area contributed by atoms with E-state index in [-0.39, 0.29) is 5.91 Å². The first-order valence-electron chi connectivity index (χ1n) is 7.29. The smallest absolute Gasteiger partial charge is 0.226 e. The summed E-state index contributed by atoms with van der Waals surface area (Å²) in [7, 11) is 3.99. The Labute approximate surface area is 120 Å². The third kappa shape index (κ3) is 3.80. The van der Waals surface area contributed by atoms with Gasteiger partial charge in [-0.3, -0.25) is 4.79 Å². The van der Waals surface area contributed by atoms with E-state index < -0.39 is 0 Å². The van der Waals surface area contributed by atoms with Gasteiger partial charge >= 0.3 is 0 Å². The van der Waals surface area contributed by atoms with E-state index in [1.807, 2.05) is 24.7 Å². The van der Waals surface area contributed by atoms with Gasteiger partial charge in [0.2, 0.25) is 5.91 Å². The highest BCUT2D eigenvalue weighted by Gasteiger charge is 2.22. The number of nitrogens with zero attached hydrogens (tertiary/aromatic N) is 3. The van der Waals surface area contributed by atoms with Crippen molar-refractivity contribution in [2.75, 3.05) is 39.0 Å². The molecule has 2 N–H and O–H groups in total. The van der Waals surface area contributed by atoms with Crippen LogP contribution in [0.4, 0.5) is 5.82 Å². The highest BCUT2D eigenvalue weighted by Crippen LogP contribution is 2.25. The van der Waals surface area contributed by atoms with Gasteiger partial charge in [-0.15, -0.1) is 0 Å². The van der Waals surface area contributed by atoms with Crippen LogP contribution < -0.4 is 10.6 Å². The van der Waals surface area contributed by atoms with Crippen LogP contribution in [0.2, 0.25) is 0 Å². The predicted molar refractivity (Wildman–Crippen MR) is 79.9 cm³/mol. The monoisotopic (exact) mass is 279 g/mol. The van der Waals surface area contributed by atoms with Crippen LogP contribution in [0.5, 0.6) is 0 Å². The number of nitrogens with one attached hydrogen (secondary N) is 2. The zero-order valence-electron chi connectivity index (χ0n) is 12.6. The number of hydrogen-bond donors (Lipinski definition) is 2. The minimum atomic E-state index is 0.0356. The quantitative estimate of drug-likeness (QED) is 0.844. The molecule has 1 aliphatic rings. The van der Waals surface area contributed by atoms with Gasteiger partial charge in [0.05, 0.1) is 11.7 Å². The van der Waals surface area contributed by atoms with Crippen molar-refractivity contribution >= 4 is 11.7 Å². The number of anilines is 1. The lowest BCUT2D eigenvalue weighted by molar-refractivity contribution is -0.116. The van der Waals surface area contributed by atoms with Gasteiger partial charge in [0.25, 0.3) is 0 Å². The summed E-state index contributed by atoms with van der Waals surface area (Å²) in [4.78, 5) is 14.2. The maximum atomic E-state index is 11.9. The Hall–Kier alpha value is -1.40. The summed E-state index contributed by atoms with van der Waals surface area (Å²) in [5.74, 6) is 0.867. The van der Waals surface area contributed by atoms with Crippen LogP contribution in [0, 0.1) is 6.92 Å². The molecule has 0 unspecified atom stereocenters. The Kier molecular flexibility index (Phi) is 5.14. The van der Waals surface area contributed by atoms with Crippen LogP contribution in [-0.4, -0.2) is 54.3 Å². The summed E-state index contributed by atoms with van der Waals surface area (Å²) in [6.07, 6.45) is 2.64. The fraction of sp³-hybridized carbons (Fsp3) is 0.714. The van der Waals surface area contributed by atoms with Crippen molar-refractivity contribution in [1.29, 1.82) is 0 Å². The van der Waals surface area contributed by atoms with E-state index in [2.05, 4.69) is 27.7 Å². The molecule has 0 bridgehead atoms. The molecule has 2 heterocycles. The van der Waals surface area contributed by atoms with Crippen LogP contribution in [0.25, 0.3) is 0 Å². The normalized spacial score (nSPS) is 17.4. The fourth-order valence-electron chi connectivity index (χ4n) is 2.57. The second kappa shape index (κ2) is 6.85. The lowest BCUT2D eigenvalue weighted by atomic mass is 10.1. The molecule has 0 saturated carbocycles. The molecule has 0 radical (unpaired) electrons. The van der Waals surface area contributed by atoms with E-state index in [0.717, 1.165) is 37.4 Å². The van der Waals surface area contributed by atoms with Crippen molar-refractivity contribution < 1.29 is 4.79 Å². The van der Waals surface area contributed by atoms with Crippen molar-refractivity contribution in [3.8, 4) is 0 Å². The van der Waals surface area contributed by atoms with E-state index >= 15 is 0 Å². The average Bonchev–Trinajstić information content (AvgIpc) is 2.78. The number of rotatable bonds is 5. The molecule has 0 aliphatic carbocycles. The van der Waals surface area contributed by atoms with Gasteiger partial charge in [-0.05, 0) is 47.0 Å². The largest absolute Gasteiger partial charge is 0.319 e. The summed E-state index contributed by atoms with van der Waals surface area (Å²) in [5, 5.41) is 10.5. The van der Waals surface area contributed by atoms with Crippen molar-refractivity contribution in [3.05, 3.63) is 11.8 Å². The van der Waals surface area contributed by atoms with Crippen molar-refractivity contribution in [2.45, 2.75) is 32.2 Å². The predicted octanol–water partition coefficient (Wildman–Crippen LogP) is 1.01. The molecule has 6 nitrogen and oxygen atoms in total. The first-order valence-corrected chi connectivity index (χ1v) is 7.29. The summed E-state index contributed by atoms with van der Waals surface area (Å²) in [6.45, 7) is 4.81. The number of aromatic nitrogens is 2. The van der Waals surface area contributed by atoms with E-state index in [4.69, 9.17) is 0 Å². The van der Waals surface area contributed by atoms with Gasteiger partial charge in [0.1, 0.15) is 5.82 Å². The molecule has 1 aliphatic heterocycles. The maximum Gasteiger partial charge on any atom is 0.226 e. The van der Waals surface area contributed by atoms with Gasteiger partial charge in [-0.25, -0.2) is 4.68 Å². The zero-order chi connectivity index (χ0) is 14.5. The van der Waals surface area contributed by atoms with E-state index in [9.17, 15) is 4.79 Å². The maximum absolute atomic E-state index is 11.9. The highest BCUT2D eigenvalue weighted by atomic mass is 16.1. The third-order valence-electron chi connectivity index (χ3n) is 3.76. The summed E-state index contributed by atoms with van der Waals surface area (Å²) in [5.41, 5.74) is 0.952. The first-order chi connectivity index (χ1) is 9.60. The van der Waals surface area contributed by atoms with Crippen LogP contribution in [0.15, 0.2) is 6.07 Å². The Morgan fingerprint density at radius 2 is 2.15 bits per heavy atom. The molecule has 112 valence electrons. The number of amides is 1. The van der Waals surface area contributed by atoms with Gasteiger partial charge in [-0.2, -0.15) is 5.10 Å². The Balaban J connectivity index is 2.04. The van der Waals surface area contributed by atoms with Gasteiger partial charge in [-0.1, -0.05) is 0 Å². The number of piperidine rings is 1. The third-order valence-corrected chi connectivity index (χ3v) is 3.76. The number of hydrogen-bond acceptors (Lipinski definition) is 4. The molecular formula is C14H25N5O. The standard InChI is InChI=1S/C14H25N5O/c1-11-10-13(16-14(20)4-7-15-2)19(17-11)12-5-8-18(3)9-6-12/h10,12,15H,4-9H2,1-3H3,(H,16,20). The molecule has 1 aromatic heterocycles. The SMILES string of the molecule is CNCCC(=O)Nc1cc(C)nn1C1CCN(C)CC1. The zero-order valence-corrected chi connectivity index (χ0v) is 12.6. The van der Waals surface area contributed by atoms with Gasteiger partial charge in [0.15, 0.2) is 0 Å². The fourth-order valence-corrected chi connectivity index (χ4v) is 2.57. The van der Waals surface area contributed by atoms with Crippen molar-refractivity contribution in [1.82, 2.24) is 20.0 Å². The molecule has 1 fully saturated rings. The molecule has 0 atom stereocenters. The van der Waals surface area contributed by atoms with Crippen molar-refractivity contribution in [3.63, 3.8) is 0 Å². The molecule has 0 aromatic carbocycles. The van der Waals surface area contributed by atoms with E-state index in [0.29, 0.717) is 19.0 Å². The first kappa shape index (κ1) is 15.0. The Bertz CT molecular complexity index is 448.